The molecular formula is C25H24ClN5O2S. The zero-order valence-electron chi connectivity index (χ0n) is 18.7. The van der Waals surface area contributed by atoms with E-state index in [1.807, 2.05) is 24.3 Å². The van der Waals surface area contributed by atoms with Crippen molar-refractivity contribution in [2.45, 2.75) is 19.4 Å². The van der Waals surface area contributed by atoms with E-state index < -0.39 is 0 Å². The van der Waals surface area contributed by atoms with Crippen molar-refractivity contribution in [3.8, 4) is 21.1 Å². The molecule has 0 bridgehead atoms. The van der Waals surface area contributed by atoms with Gasteiger partial charge in [-0.25, -0.2) is 4.98 Å². The number of halogens is 1. The maximum atomic E-state index is 11.6. The second-order valence-electron chi connectivity index (χ2n) is 8.25. The Balaban J connectivity index is 1.64. The number of hydrogen-bond donors (Lipinski definition) is 1. The summed E-state index contributed by atoms with van der Waals surface area (Å²) in [5.41, 5.74) is 4.10. The maximum absolute atomic E-state index is 11.6. The minimum absolute atomic E-state index is 0.00444. The van der Waals surface area contributed by atoms with Gasteiger partial charge in [0, 0.05) is 41.3 Å². The number of H-pyrrole nitrogens is 1. The fourth-order valence-electron chi connectivity index (χ4n) is 4.30. The van der Waals surface area contributed by atoms with Crippen molar-refractivity contribution >= 4 is 28.7 Å². The first-order valence-electron chi connectivity index (χ1n) is 11.1. The van der Waals surface area contributed by atoms with Crippen molar-refractivity contribution in [1.29, 1.82) is 0 Å². The Labute approximate surface area is 206 Å². The lowest BCUT2D eigenvalue weighted by Gasteiger charge is -2.35. The molecule has 3 aromatic heterocycles. The lowest BCUT2D eigenvalue weighted by molar-refractivity contribution is -0.116. The molecule has 1 aromatic carbocycles. The smallest absolute Gasteiger partial charge is 0.165 e. The number of ether oxygens (including phenoxy) is 1. The van der Waals surface area contributed by atoms with Gasteiger partial charge in [-0.05, 0) is 53.9 Å². The number of rotatable bonds is 7. The van der Waals surface area contributed by atoms with Crippen LogP contribution in [-0.2, 0) is 16.0 Å². The van der Waals surface area contributed by atoms with Crippen LogP contribution in [-0.4, -0.2) is 57.2 Å². The molecule has 0 saturated carbocycles. The number of nitrogens with zero attached hydrogens (tertiary/aromatic N) is 4. The molecule has 1 unspecified atom stereocenters. The Morgan fingerprint density at radius 2 is 1.97 bits per heavy atom. The number of morpholine rings is 1. The number of hydrogen-bond acceptors (Lipinski definition) is 7. The summed E-state index contributed by atoms with van der Waals surface area (Å²) in [6.07, 6.45) is 3.62. The number of benzene rings is 1. The Bertz CT molecular complexity index is 1270. The first-order valence-corrected chi connectivity index (χ1v) is 12.3. The van der Waals surface area contributed by atoms with Gasteiger partial charge in [0.15, 0.2) is 5.82 Å². The van der Waals surface area contributed by atoms with Crippen LogP contribution in [0.2, 0.25) is 5.02 Å². The number of carbonyl (C=O) groups is 1. The van der Waals surface area contributed by atoms with Crippen LogP contribution in [0.4, 0.5) is 0 Å². The minimum Gasteiger partial charge on any atom is -0.379 e. The minimum atomic E-state index is 0.00444. The molecule has 5 rings (SSSR count). The summed E-state index contributed by atoms with van der Waals surface area (Å²) in [6.45, 7) is 4.62. The quantitative estimate of drug-likeness (QED) is 0.398. The molecule has 7 nitrogen and oxygen atoms in total. The Morgan fingerprint density at radius 1 is 1.18 bits per heavy atom. The fourth-order valence-corrected chi connectivity index (χ4v) is 5.56. The average Bonchev–Trinajstić information content (AvgIpc) is 3.51. The van der Waals surface area contributed by atoms with Gasteiger partial charge in [0.2, 0.25) is 0 Å². The third kappa shape index (κ3) is 4.95. The van der Waals surface area contributed by atoms with E-state index in [-0.39, 0.29) is 11.8 Å². The summed E-state index contributed by atoms with van der Waals surface area (Å²) in [5, 5.41) is 7.85. The van der Waals surface area contributed by atoms with Crippen LogP contribution in [0.25, 0.3) is 21.1 Å². The van der Waals surface area contributed by atoms with Gasteiger partial charge in [-0.2, -0.15) is 5.10 Å². The van der Waals surface area contributed by atoms with E-state index in [9.17, 15) is 4.79 Å². The number of aromatic nitrogens is 4. The van der Waals surface area contributed by atoms with Crippen LogP contribution >= 0.6 is 22.9 Å². The topological polar surface area (TPSA) is 84.0 Å². The number of aromatic amines is 1. The standard InChI is InChI=1S/C25H24ClN5O2S/c1-16(32)12-20-13-18(6-7-27-20)22-14-21(24(34-22)25-28-15-29-30-25)23(31-8-10-33-11-9-31)17-2-4-19(26)5-3-17/h2-7,13-15,23H,8-12H2,1H3,(H,28,29,30). The highest BCUT2D eigenvalue weighted by Crippen LogP contribution is 2.43. The van der Waals surface area contributed by atoms with Gasteiger partial charge in [-0.3, -0.25) is 19.8 Å². The van der Waals surface area contributed by atoms with Crippen LogP contribution in [0.15, 0.2) is 55.0 Å². The van der Waals surface area contributed by atoms with Crippen molar-refractivity contribution in [2.75, 3.05) is 26.3 Å². The molecule has 0 radical (unpaired) electrons. The molecule has 0 amide bonds. The van der Waals surface area contributed by atoms with E-state index in [2.05, 4.69) is 43.3 Å². The molecule has 4 heterocycles. The highest BCUT2D eigenvalue weighted by molar-refractivity contribution is 7.19. The second-order valence-corrected chi connectivity index (χ2v) is 9.73. The SMILES string of the molecule is CC(=O)Cc1cc(-c2cc(C(c3ccc(Cl)cc3)N3CCOCC3)c(-c3ncn[nH]3)s2)ccn1. The van der Waals surface area contributed by atoms with Gasteiger partial charge in [0.1, 0.15) is 12.1 Å². The van der Waals surface area contributed by atoms with Gasteiger partial charge in [-0.1, -0.05) is 23.7 Å². The molecule has 1 aliphatic rings. The normalized spacial score (nSPS) is 15.4. The number of ketones is 1. The zero-order valence-corrected chi connectivity index (χ0v) is 20.3. The molecule has 4 aromatic rings. The lowest BCUT2D eigenvalue weighted by Crippen LogP contribution is -2.39. The van der Waals surface area contributed by atoms with E-state index in [1.165, 1.54) is 6.33 Å². The first kappa shape index (κ1) is 22.9. The first-order chi connectivity index (χ1) is 16.6. The van der Waals surface area contributed by atoms with Gasteiger partial charge >= 0.3 is 0 Å². The molecule has 0 spiro atoms. The van der Waals surface area contributed by atoms with Gasteiger partial charge < -0.3 is 4.74 Å². The van der Waals surface area contributed by atoms with Crippen LogP contribution in [0.5, 0.6) is 0 Å². The van der Waals surface area contributed by atoms with Gasteiger partial charge in [0.05, 0.1) is 24.1 Å². The van der Waals surface area contributed by atoms with Crippen molar-refractivity contribution in [1.82, 2.24) is 25.1 Å². The van der Waals surface area contributed by atoms with Crippen LogP contribution in [0.3, 0.4) is 0 Å². The third-order valence-corrected chi connectivity index (χ3v) is 7.27. The summed E-state index contributed by atoms with van der Waals surface area (Å²) in [5.74, 6) is 0.825. The Kier molecular flexibility index (Phi) is 6.82. The van der Waals surface area contributed by atoms with E-state index in [0.717, 1.165) is 51.1 Å². The van der Waals surface area contributed by atoms with Crippen LogP contribution in [0.1, 0.15) is 29.8 Å². The average molecular weight is 494 g/mol. The Hall–Kier alpha value is -2.91. The summed E-state index contributed by atoms with van der Waals surface area (Å²) < 4.78 is 5.64. The number of Topliss-reactive ketones (excluding diaryl/α,β-unsaturated/α-hetero) is 1. The van der Waals surface area contributed by atoms with Crippen molar-refractivity contribution < 1.29 is 9.53 Å². The number of nitrogens with one attached hydrogen (secondary N) is 1. The zero-order chi connectivity index (χ0) is 23.5. The van der Waals surface area contributed by atoms with Crippen LogP contribution in [0, 0.1) is 0 Å². The van der Waals surface area contributed by atoms with Crippen molar-refractivity contribution in [2.24, 2.45) is 0 Å². The molecule has 174 valence electrons. The van der Waals surface area contributed by atoms with Crippen molar-refractivity contribution in [3.63, 3.8) is 0 Å². The maximum Gasteiger partial charge on any atom is 0.165 e. The monoisotopic (exact) mass is 493 g/mol. The largest absolute Gasteiger partial charge is 0.379 e. The molecular weight excluding hydrogens is 470 g/mol. The highest BCUT2D eigenvalue weighted by Gasteiger charge is 2.29. The Morgan fingerprint density at radius 3 is 2.68 bits per heavy atom. The molecule has 1 fully saturated rings. The van der Waals surface area contributed by atoms with Gasteiger partial charge in [0.25, 0.3) is 0 Å². The lowest BCUT2D eigenvalue weighted by atomic mass is 9.96. The predicted octanol–water partition coefficient (Wildman–Crippen LogP) is 4.80. The summed E-state index contributed by atoms with van der Waals surface area (Å²) >= 11 is 7.87. The molecule has 0 aliphatic carbocycles. The predicted molar refractivity (Wildman–Crippen MR) is 133 cm³/mol. The summed E-state index contributed by atoms with van der Waals surface area (Å²) in [7, 11) is 0. The molecule has 1 saturated heterocycles. The molecule has 1 aliphatic heterocycles. The molecule has 1 atom stereocenters. The van der Waals surface area contributed by atoms with E-state index >= 15 is 0 Å². The fraction of sp³-hybridized carbons (Fsp3) is 0.280. The summed E-state index contributed by atoms with van der Waals surface area (Å²) in [6, 6.07) is 14.2. The third-order valence-electron chi connectivity index (χ3n) is 5.81. The van der Waals surface area contributed by atoms with E-state index in [0.29, 0.717) is 24.7 Å². The molecule has 9 heteroatoms. The van der Waals surface area contributed by atoms with Gasteiger partial charge in [-0.15, -0.1) is 11.3 Å². The van der Waals surface area contributed by atoms with Crippen LogP contribution < -0.4 is 0 Å². The number of pyridine rings is 1. The summed E-state index contributed by atoms with van der Waals surface area (Å²) in [4.78, 5) is 25.0. The number of carbonyl (C=O) groups excluding carboxylic acids is 1. The second kappa shape index (κ2) is 10.1. The molecule has 1 N–H and O–H groups in total. The van der Waals surface area contributed by atoms with Crippen molar-refractivity contribution in [3.05, 3.63) is 76.8 Å². The highest BCUT2D eigenvalue weighted by atomic mass is 35.5. The number of thiophene rings is 1. The van der Waals surface area contributed by atoms with E-state index in [1.54, 1.807) is 24.5 Å². The van der Waals surface area contributed by atoms with E-state index in [4.69, 9.17) is 16.3 Å². The molecule has 34 heavy (non-hydrogen) atoms.